The van der Waals surface area contributed by atoms with Crippen molar-refractivity contribution in [2.75, 3.05) is 22.3 Å². The molecular formula is C41H26N10Na4O13S3. The van der Waals surface area contributed by atoms with Gasteiger partial charge in [0, 0.05) is 11.3 Å². The molecule has 0 unspecified atom stereocenters. The number of nitrogen functional groups attached to an aromatic ring is 2. The fourth-order valence-corrected chi connectivity index (χ4v) is 7.93. The van der Waals surface area contributed by atoms with Crippen molar-refractivity contribution in [2.24, 2.45) is 30.7 Å². The van der Waals surface area contributed by atoms with Gasteiger partial charge >= 0.3 is 118 Å². The van der Waals surface area contributed by atoms with E-state index in [1.807, 2.05) is 0 Å². The van der Waals surface area contributed by atoms with E-state index >= 15 is 0 Å². The zero-order valence-corrected chi connectivity index (χ0v) is 47.9. The maximum atomic E-state index is 14.0. The van der Waals surface area contributed by atoms with Gasteiger partial charge in [-0.25, -0.2) is 25.3 Å². The molecule has 0 heterocycles. The summed E-state index contributed by atoms with van der Waals surface area (Å²) in [5.74, 6) is -3.63. The number of nitrogens with zero attached hydrogens (tertiary/aromatic N) is 6. The van der Waals surface area contributed by atoms with Gasteiger partial charge in [0.1, 0.15) is 53.1 Å². The van der Waals surface area contributed by atoms with Crippen LogP contribution >= 0.6 is 0 Å². The molecule has 30 heteroatoms. The second-order valence-corrected chi connectivity index (χ2v) is 17.9. The Labute approximate surface area is 492 Å². The Balaban J connectivity index is 0.00000333. The quantitative estimate of drug-likeness (QED) is 0.0162. The number of rotatable bonds is 13. The number of anilines is 4. The third-order valence-corrected chi connectivity index (χ3v) is 11.9. The van der Waals surface area contributed by atoms with E-state index in [4.69, 9.17) is 11.5 Å². The number of hydrogen-bond acceptors (Lipinski definition) is 23. The van der Waals surface area contributed by atoms with Crippen LogP contribution in [0.1, 0.15) is 15.9 Å². The molecule has 23 nitrogen and oxygen atoms in total. The second kappa shape index (κ2) is 25.0. The number of nitrogens with one attached hydrogen (secondary N) is 2. The SMILES string of the molecule is Nc1ccc(N=Nc2ccc(S(=O)(=O)[O-])cc2)c(N=Nc2c(S(=O)(=O)[O-])cc3c(c2N)C(=O)C(=NNc2ccc(-c4ccc(NN=C5C=CC(=O)C(C(=O)[O-])=C5)cc4)cc2)C(S(=O)(=O)[O-])=C3)c1.[Na+].[Na+].[Na+].[Na+]. The van der Waals surface area contributed by atoms with E-state index < -0.39 is 96.4 Å². The molecule has 0 aromatic heterocycles. The molecule has 0 atom stereocenters. The number of ketones is 2. The number of allylic oxidation sites excluding steroid dienone is 4. The zero-order chi connectivity index (χ0) is 48.4. The Morgan fingerprint density at radius 1 is 0.592 bits per heavy atom. The van der Waals surface area contributed by atoms with Gasteiger partial charge in [-0.05, 0) is 114 Å². The van der Waals surface area contributed by atoms with Crippen LogP contribution < -0.4 is 146 Å². The van der Waals surface area contributed by atoms with Gasteiger partial charge in [-0.3, -0.25) is 20.4 Å². The minimum atomic E-state index is -5.51. The van der Waals surface area contributed by atoms with Crippen LogP contribution in [0, 0.1) is 0 Å². The van der Waals surface area contributed by atoms with Crippen molar-refractivity contribution in [3.63, 3.8) is 0 Å². The first kappa shape index (κ1) is 60.9. The molecule has 6 N–H and O–H groups in total. The van der Waals surface area contributed by atoms with E-state index in [-0.39, 0.29) is 152 Å². The number of Topliss-reactive ketones (excluding diaryl/α,β-unsaturated/α-hetero) is 1. The average Bonchev–Trinajstić information content (AvgIpc) is 3.27. The maximum absolute atomic E-state index is 14.0. The smallest absolute Gasteiger partial charge is 0.744 e. The van der Waals surface area contributed by atoms with Crippen LogP contribution in [0.25, 0.3) is 17.2 Å². The van der Waals surface area contributed by atoms with Crippen LogP contribution in [0.3, 0.4) is 0 Å². The van der Waals surface area contributed by atoms with E-state index in [2.05, 4.69) is 41.5 Å². The largest absolute Gasteiger partial charge is 1.00 e. The molecule has 0 fully saturated rings. The van der Waals surface area contributed by atoms with Gasteiger partial charge < -0.3 is 35.0 Å². The van der Waals surface area contributed by atoms with Gasteiger partial charge in [0.25, 0.3) is 0 Å². The van der Waals surface area contributed by atoms with Crippen LogP contribution in [0.15, 0.2) is 166 Å². The number of carbonyl (C=O) groups excluding carboxylic acids is 3. The number of hydrazone groups is 2. The minimum Gasteiger partial charge on any atom is -0.744 e. The normalized spacial score (nSPS) is 14.6. The van der Waals surface area contributed by atoms with E-state index in [1.165, 1.54) is 48.5 Å². The molecule has 0 saturated heterocycles. The van der Waals surface area contributed by atoms with Crippen LogP contribution in [-0.4, -0.2) is 67.9 Å². The van der Waals surface area contributed by atoms with Crippen molar-refractivity contribution in [3.05, 3.63) is 137 Å². The van der Waals surface area contributed by atoms with Gasteiger partial charge in [0.15, 0.2) is 5.78 Å². The molecule has 0 radical (unpaired) electrons. The van der Waals surface area contributed by atoms with Crippen LogP contribution in [0.4, 0.5) is 45.5 Å². The summed E-state index contributed by atoms with van der Waals surface area (Å²) in [4.78, 5) is 34.0. The number of carboxylic acids is 1. The third-order valence-electron chi connectivity index (χ3n) is 9.39. The molecule has 0 amide bonds. The monoisotopic (exact) mass is 1050 g/mol. The summed E-state index contributed by atoms with van der Waals surface area (Å²) in [5.41, 5.74) is 15.4. The zero-order valence-electron chi connectivity index (χ0n) is 37.4. The Kier molecular flexibility index (Phi) is 21.5. The van der Waals surface area contributed by atoms with Crippen LogP contribution in [-0.2, 0) is 39.9 Å². The molecule has 0 aliphatic heterocycles. The van der Waals surface area contributed by atoms with E-state index in [1.54, 1.807) is 36.4 Å². The first-order chi connectivity index (χ1) is 31.6. The Morgan fingerprint density at radius 3 is 1.69 bits per heavy atom. The molecule has 0 bridgehead atoms. The summed E-state index contributed by atoms with van der Waals surface area (Å²) >= 11 is 0. The van der Waals surface area contributed by atoms with Crippen molar-refractivity contribution in [1.82, 2.24) is 0 Å². The fraction of sp³-hybridized carbons (Fsp3) is 0. The molecule has 71 heavy (non-hydrogen) atoms. The van der Waals surface area contributed by atoms with Crippen molar-refractivity contribution in [1.29, 1.82) is 0 Å². The summed E-state index contributed by atoms with van der Waals surface area (Å²) in [6.07, 6.45) is 4.08. The average molecular weight is 1050 g/mol. The van der Waals surface area contributed by atoms with Crippen LogP contribution in [0.5, 0.6) is 0 Å². The van der Waals surface area contributed by atoms with E-state index in [0.29, 0.717) is 29.0 Å². The Bertz CT molecular complexity index is 3520. The summed E-state index contributed by atoms with van der Waals surface area (Å²) < 4.78 is 109. The number of fused-ring (bicyclic) bond motifs is 1. The number of azo groups is 2. The number of nitrogens with two attached hydrogens (primary N) is 2. The summed E-state index contributed by atoms with van der Waals surface area (Å²) in [6, 6.07) is 22.0. The third kappa shape index (κ3) is 14.9. The van der Waals surface area contributed by atoms with E-state index in [0.717, 1.165) is 24.3 Å². The predicted molar refractivity (Wildman–Crippen MR) is 236 cm³/mol. The van der Waals surface area contributed by atoms with Crippen molar-refractivity contribution in [2.45, 2.75) is 9.79 Å². The number of hydrogen-bond donors (Lipinski definition) is 4. The first-order valence-corrected chi connectivity index (χ1v) is 22.8. The predicted octanol–water partition coefficient (Wildman–Crippen LogP) is -7.69. The number of benzene rings is 5. The molecule has 0 spiro atoms. The van der Waals surface area contributed by atoms with Gasteiger partial charge in [-0.1, -0.05) is 24.3 Å². The Hall–Kier alpha value is -4.40. The Morgan fingerprint density at radius 2 is 1.15 bits per heavy atom. The number of carbonyl (C=O) groups is 3. The van der Waals surface area contributed by atoms with Gasteiger partial charge in [-0.15, -0.1) is 15.3 Å². The van der Waals surface area contributed by atoms with Crippen molar-refractivity contribution < 1.29 is 177 Å². The molecular weight excluding hydrogens is 1030 g/mol. The van der Waals surface area contributed by atoms with Crippen molar-refractivity contribution in [3.8, 4) is 11.1 Å². The van der Waals surface area contributed by atoms with Gasteiger partial charge in [-0.2, -0.15) is 15.3 Å². The molecule has 340 valence electrons. The molecule has 5 aromatic carbocycles. The van der Waals surface area contributed by atoms with E-state index in [9.17, 15) is 58.4 Å². The molecule has 7 rings (SSSR count). The molecule has 2 aliphatic rings. The maximum Gasteiger partial charge on any atom is 1.00 e. The van der Waals surface area contributed by atoms with Gasteiger partial charge in [0.2, 0.25) is 5.78 Å². The molecule has 5 aromatic rings. The summed E-state index contributed by atoms with van der Waals surface area (Å²) in [7, 11) is -15.7. The summed E-state index contributed by atoms with van der Waals surface area (Å²) in [5, 5.41) is 34.9. The van der Waals surface area contributed by atoms with Crippen LogP contribution in [0.2, 0.25) is 0 Å². The summed E-state index contributed by atoms with van der Waals surface area (Å²) in [6.45, 7) is 0. The fourth-order valence-electron chi connectivity index (χ4n) is 6.16. The van der Waals surface area contributed by atoms with Gasteiger partial charge in [0.05, 0.1) is 54.7 Å². The second-order valence-electron chi connectivity index (χ2n) is 13.9. The first-order valence-electron chi connectivity index (χ1n) is 18.5. The van der Waals surface area contributed by atoms with Crippen molar-refractivity contribution >= 4 is 111 Å². The molecule has 0 saturated carbocycles. The number of carboxylic acid groups (broad SMARTS) is 1. The topological polar surface area (TPSA) is 396 Å². The molecule has 2 aliphatic carbocycles. The standard InChI is InChI=1S/C41H30N10O13S3.4Na/c42-24-5-15-31(48-45-27-10-13-29(14-11-27)65(56,57)58)32(19-24)49-50-38-34(66(59,60)61)17-23-18-35(67(62,63)64)39(40(53)36(23)37(38)43)51-46-26-8-3-22(4-9-26)21-1-6-25(7-2-21)44-47-28-12-16-33(52)30(20-28)41(54)55;;;;/h1-20,44,46H,42-43H2,(H,54,55)(H,56,57,58)(H,59,60,61)(H,62,63,64);;;;/q;4*+1/p-4. The number of aliphatic carboxylic acids is 1. The minimum absolute atomic E-state index is 0.